The lowest BCUT2D eigenvalue weighted by Gasteiger charge is -2.21. The standard InChI is InChI=1S/C30H42F3N7O/c1-7-9-10-20(4)37-17-22-13-24(30(31,32)33)16-25(14-22)38-29(41)23-12-11-19(3)28(15-23)40(36)18-27(34)26(8-2)21(5)39(6)35/h8,11-16,18,20,37H,2,7,9-10,17,34-36H2,1,3-6H3,(H,38,41)/b26-21+,27-18-. The van der Waals surface area contributed by atoms with E-state index >= 15 is 0 Å². The highest BCUT2D eigenvalue weighted by molar-refractivity contribution is 6.05. The first-order chi connectivity index (χ1) is 19.2. The normalized spacial score (nSPS) is 13.4. The number of allylic oxidation sites excluding steroid dienone is 2. The highest BCUT2D eigenvalue weighted by Gasteiger charge is 2.31. The van der Waals surface area contributed by atoms with Crippen molar-refractivity contribution < 1.29 is 18.0 Å². The van der Waals surface area contributed by atoms with Crippen LogP contribution in [0.25, 0.3) is 0 Å². The molecule has 0 heterocycles. The minimum absolute atomic E-state index is 0.0425. The molecule has 0 radical (unpaired) electrons. The lowest BCUT2D eigenvalue weighted by molar-refractivity contribution is -0.137. The summed E-state index contributed by atoms with van der Waals surface area (Å²) in [6.07, 6.45) is 1.44. The number of benzene rings is 2. The Morgan fingerprint density at radius 2 is 1.85 bits per heavy atom. The molecule has 0 saturated heterocycles. The Balaban J connectivity index is 2.34. The smallest absolute Gasteiger partial charge is 0.397 e. The maximum Gasteiger partial charge on any atom is 0.416 e. The zero-order valence-electron chi connectivity index (χ0n) is 24.4. The number of halogens is 3. The number of anilines is 2. The third kappa shape index (κ3) is 9.66. The number of amides is 1. The fourth-order valence-corrected chi connectivity index (χ4v) is 4.12. The number of hydrazine groups is 2. The molecule has 224 valence electrons. The predicted molar refractivity (Wildman–Crippen MR) is 160 cm³/mol. The summed E-state index contributed by atoms with van der Waals surface area (Å²) in [5, 5.41) is 8.53. The molecule has 0 aliphatic rings. The molecule has 2 aromatic carbocycles. The Morgan fingerprint density at radius 1 is 1.17 bits per heavy atom. The number of nitrogens with zero attached hydrogens (tertiary/aromatic N) is 2. The van der Waals surface area contributed by atoms with Gasteiger partial charge >= 0.3 is 6.18 Å². The molecule has 0 aliphatic heterocycles. The van der Waals surface area contributed by atoms with Gasteiger partial charge < -0.3 is 21.4 Å². The summed E-state index contributed by atoms with van der Waals surface area (Å²) in [5.74, 6) is 11.5. The molecule has 8 N–H and O–H groups in total. The molecule has 41 heavy (non-hydrogen) atoms. The molecule has 0 bridgehead atoms. The maximum absolute atomic E-state index is 13.7. The van der Waals surface area contributed by atoms with E-state index in [1.54, 1.807) is 51.2 Å². The first kappa shape index (κ1) is 33.4. The largest absolute Gasteiger partial charge is 0.416 e. The Bertz CT molecular complexity index is 1290. The molecule has 1 atom stereocenters. The third-order valence-corrected chi connectivity index (χ3v) is 6.68. The lowest BCUT2D eigenvalue weighted by atomic mass is 10.1. The van der Waals surface area contributed by atoms with Gasteiger partial charge in [0.2, 0.25) is 0 Å². The summed E-state index contributed by atoms with van der Waals surface area (Å²) in [7, 11) is 1.66. The van der Waals surface area contributed by atoms with E-state index in [1.165, 1.54) is 16.2 Å². The summed E-state index contributed by atoms with van der Waals surface area (Å²) >= 11 is 0. The molecule has 2 aromatic rings. The quantitative estimate of drug-likeness (QED) is 0.119. The number of hydrogen-bond acceptors (Lipinski definition) is 7. The highest BCUT2D eigenvalue weighted by atomic mass is 19.4. The summed E-state index contributed by atoms with van der Waals surface area (Å²) in [4.78, 5) is 13.2. The van der Waals surface area contributed by atoms with E-state index < -0.39 is 17.6 Å². The number of carbonyl (C=O) groups is 1. The molecule has 8 nitrogen and oxygen atoms in total. The fourth-order valence-electron chi connectivity index (χ4n) is 4.12. The molecular weight excluding hydrogens is 531 g/mol. The number of alkyl halides is 3. The Labute approximate surface area is 240 Å². The van der Waals surface area contributed by atoms with Crippen LogP contribution in [0.4, 0.5) is 24.5 Å². The Morgan fingerprint density at radius 3 is 2.44 bits per heavy atom. The van der Waals surface area contributed by atoms with E-state index in [0.717, 1.165) is 37.0 Å². The van der Waals surface area contributed by atoms with Crippen molar-refractivity contribution in [2.45, 2.75) is 65.7 Å². The maximum atomic E-state index is 13.7. The molecule has 1 amide bonds. The predicted octanol–water partition coefficient (Wildman–Crippen LogP) is 5.68. The van der Waals surface area contributed by atoms with Crippen molar-refractivity contribution in [2.75, 3.05) is 17.4 Å². The molecule has 0 aromatic heterocycles. The van der Waals surface area contributed by atoms with Crippen molar-refractivity contribution in [3.8, 4) is 0 Å². The summed E-state index contributed by atoms with van der Waals surface area (Å²) < 4.78 is 41.0. The van der Waals surface area contributed by atoms with Crippen LogP contribution < -0.4 is 33.1 Å². The van der Waals surface area contributed by atoms with Crippen molar-refractivity contribution in [1.29, 1.82) is 0 Å². The van der Waals surface area contributed by atoms with Gasteiger partial charge in [-0.05, 0) is 68.7 Å². The number of nitrogens with one attached hydrogen (secondary N) is 2. The van der Waals surface area contributed by atoms with Crippen molar-refractivity contribution in [3.05, 3.63) is 94.5 Å². The van der Waals surface area contributed by atoms with Crippen LogP contribution in [0.3, 0.4) is 0 Å². The molecule has 2 rings (SSSR count). The summed E-state index contributed by atoms with van der Waals surface area (Å²) in [6.45, 7) is 11.7. The van der Waals surface area contributed by atoms with Crippen LogP contribution >= 0.6 is 0 Å². The molecule has 11 heteroatoms. The van der Waals surface area contributed by atoms with Crippen LogP contribution in [-0.2, 0) is 12.7 Å². The van der Waals surface area contributed by atoms with E-state index in [0.29, 0.717) is 28.2 Å². The Hall–Kier alpha value is -3.80. The van der Waals surface area contributed by atoms with Gasteiger partial charge in [0.25, 0.3) is 5.91 Å². The van der Waals surface area contributed by atoms with Gasteiger partial charge in [0, 0.05) is 48.4 Å². The van der Waals surface area contributed by atoms with Crippen molar-refractivity contribution >= 4 is 17.3 Å². The molecular formula is C30H42F3N7O. The molecule has 1 unspecified atom stereocenters. The SMILES string of the molecule is C=CC(/C(N)=C/N(N)c1cc(C(=O)Nc2cc(CNC(C)CCCC)cc(C(F)(F)F)c2)ccc1C)=C(/C)N(C)N. The zero-order chi connectivity index (χ0) is 30.9. The van der Waals surface area contributed by atoms with Gasteiger partial charge in [0.15, 0.2) is 0 Å². The van der Waals surface area contributed by atoms with E-state index in [2.05, 4.69) is 24.1 Å². The number of carbonyl (C=O) groups excluding carboxylic acids is 1. The second kappa shape index (κ2) is 14.7. The first-order valence-electron chi connectivity index (χ1n) is 13.4. The van der Waals surface area contributed by atoms with E-state index in [4.69, 9.17) is 17.4 Å². The average Bonchev–Trinajstić information content (AvgIpc) is 2.90. The van der Waals surface area contributed by atoms with E-state index in [9.17, 15) is 18.0 Å². The summed E-state index contributed by atoms with van der Waals surface area (Å²) in [5.41, 5.74) is 8.81. The monoisotopic (exact) mass is 573 g/mol. The minimum atomic E-state index is -4.57. The van der Waals surface area contributed by atoms with Crippen LogP contribution in [0.5, 0.6) is 0 Å². The van der Waals surface area contributed by atoms with Crippen molar-refractivity contribution in [3.63, 3.8) is 0 Å². The van der Waals surface area contributed by atoms with Crippen molar-refractivity contribution in [2.24, 2.45) is 17.4 Å². The van der Waals surface area contributed by atoms with Gasteiger partial charge in [-0.25, -0.2) is 11.7 Å². The van der Waals surface area contributed by atoms with Gasteiger partial charge in [0.05, 0.1) is 16.9 Å². The third-order valence-electron chi connectivity index (χ3n) is 6.68. The van der Waals surface area contributed by atoms with Crippen LogP contribution in [0.15, 0.2) is 72.2 Å². The number of aryl methyl sites for hydroxylation is 1. The lowest BCUT2D eigenvalue weighted by Crippen LogP contribution is -2.29. The number of hydrogen-bond donors (Lipinski definition) is 5. The Kier molecular flexibility index (Phi) is 12.0. The van der Waals surface area contributed by atoms with Gasteiger partial charge in [0.1, 0.15) is 0 Å². The topological polar surface area (TPSA) is 126 Å². The van der Waals surface area contributed by atoms with E-state index in [1.807, 2.05) is 6.92 Å². The average molecular weight is 574 g/mol. The summed E-state index contributed by atoms with van der Waals surface area (Å²) in [6, 6.07) is 8.52. The van der Waals surface area contributed by atoms with Crippen LogP contribution in [0.2, 0.25) is 0 Å². The van der Waals surface area contributed by atoms with Crippen LogP contribution in [0.1, 0.15) is 67.1 Å². The molecule has 0 spiro atoms. The minimum Gasteiger partial charge on any atom is -0.397 e. The van der Waals surface area contributed by atoms with Crippen LogP contribution in [-0.4, -0.2) is 24.0 Å². The van der Waals surface area contributed by atoms with Crippen LogP contribution in [0, 0.1) is 6.92 Å². The van der Waals surface area contributed by atoms with Gasteiger partial charge in [-0.2, -0.15) is 13.2 Å². The fraction of sp³-hybridized carbons (Fsp3) is 0.367. The zero-order valence-corrected chi connectivity index (χ0v) is 24.4. The first-order valence-corrected chi connectivity index (χ1v) is 13.4. The van der Waals surface area contributed by atoms with Gasteiger partial charge in [-0.1, -0.05) is 38.5 Å². The van der Waals surface area contributed by atoms with Gasteiger partial charge in [-0.3, -0.25) is 9.80 Å². The highest BCUT2D eigenvalue weighted by Crippen LogP contribution is 2.32. The van der Waals surface area contributed by atoms with E-state index in [-0.39, 0.29) is 23.8 Å². The molecule has 0 fully saturated rings. The van der Waals surface area contributed by atoms with Crippen molar-refractivity contribution in [1.82, 2.24) is 10.3 Å². The number of rotatable bonds is 13. The molecule has 0 saturated carbocycles. The molecule has 0 aliphatic carbocycles. The number of nitrogens with two attached hydrogens (primary N) is 3. The van der Waals surface area contributed by atoms with Gasteiger partial charge in [-0.15, -0.1) is 0 Å². The second-order valence-electron chi connectivity index (χ2n) is 10.1. The number of unbranched alkanes of at least 4 members (excludes halogenated alkanes) is 1. The second-order valence-corrected chi connectivity index (χ2v) is 10.1.